The lowest BCUT2D eigenvalue weighted by atomic mass is 9.93. The third kappa shape index (κ3) is 10.8. The van der Waals surface area contributed by atoms with E-state index in [4.69, 9.17) is 9.15 Å². The van der Waals surface area contributed by atoms with Crippen molar-refractivity contribution in [2.45, 2.75) is 72.6 Å². The molecule has 18 nitrogen and oxygen atoms in total. The Bertz CT molecular complexity index is 2840. The number of ketones is 1. The molecule has 5 heterocycles. The zero-order chi connectivity index (χ0) is 46.9. The minimum Gasteiger partial charge on any atom is -0.469 e. The summed E-state index contributed by atoms with van der Waals surface area (Å²) in [6, 6.07) is 10.1. The number of benzene rings is 2. The molecule has 3 N–H and O–H groups in total. The number of fused-ring (bicyclic) bond motifs is 2. The number of amides is 2. The van der Waals surface area contributed by atoms with Crippen LogP contribution in [0.2, 0.25) is 0 Å². The number of aryl methyl sites for hydroxylation is 1. The number of hydrogen-bond acceptors (Lipinski definition) is 14. The second-order valence-electron chi connectivity index (χ2n) is 14.7. The largest absolute Gasteiger partial charge is 0.469 e. The molecule has 2 aromatic carbocycles. The van der Waals surface area contributed by atoms with Gasteiger partial charge >= 0.3 is 11.9 Å². The normalized spacial score (nSPS) is 12.7. The van der Waals surface area contributed by atoms with Gasteiger partial charge in [0.25, 0.3) is 11.8 Å². The molecule has 346 valence electrons. The Morgan fingerprint density at radius 1 is 0.742 bits per heavy atom. The number of nitrogens with one attached hydrogen (secondary N) is 2. The van der Waals surface area contributed by atoms with Gasteiger partial charge in [0.1, 0.15) is 23.4 Å². The van der Waals surface area contributed by atoms with Crippen LogP contribution in [0, 0.1) is 24.5 Å². The van der Waals surface area contributed by atoms with E-state index in [0.29, 0.717) is 50.9 Å². The van der Waals surface area contributed by atoms with E-state index in [1.165, 1.54) is 74.9 Å². The van der Waals surface area contributed by atoms with E-state index in [9.17, 15) is 37.9 Å². The molecule has 2 amide bonds. The second kappa shape index (κ2) is 21.8. The first-order valence-corrected chi connectivity index (χ1v) is 20.3. The van der Waals surface area contributed by atoms with Crippen LogP contribution in [0.4, 0.5) is 8.78 Å². The maximum Gasteiger partial charge on any atom is 0.360 e. The molecule has 66 heavy (non-hydrogen) atoms. The van der Waals surface area contributed by atoms with E-state index in [2.05, 4.69) is 40.5 Å². The summed E-state index contributed by atoms with van der Waals surface area (Å²) in [5.41, 5.74) is 2.96. The van der Waals surface area contributed by atoms with Crippen molar-refractivity contribution in [3.63, 3.8) is 0 Å². The summed E-state index contributed by atoms with van der Waals surface area (Å²) in [4.78, 5) is 75.0. The Labute approximate surface area is 377 Å². The Kier molecular flexibility index (Phi) is 16.2. The van der Waals surface area contributed by atoms with Gasteiger partial charge in [0.2, 0.25) is 5.89 Å². The molecule has 0 aliphatic rings. The lowest BCUT2D eigenvalue weighted by Crippen LogP contribution is -2.42. The molecule has 2 unspecified atom stereocenters. The summed E-state index contributed by atoms with van der Waals surface area (Å²) >= 11 is 0. The summed E-state index contributed by atoms with van der Waals surface area (Å²) in [5.74, 6) is -3.87. The fourth-order valence-corrected chi connectivity index (χ4v) is 6.86. The van der Waals surface area contributed by atoms with Gasteiger partial charge in [-0.25, -0.2) is 27.9 Å². The standard InChI is InChI=1S/C23H25FN4O5.C22H20FN5O4.CH4/c1-4-19(21(30)9-16(13(2)29)23(32)33-3)27-22(31)18-10-25-12-20-17(18)11-26-28(20)15-7-5-14(24)6-8-15;1-4-17(21-27-19(12(2)32-21)22(30)31-3)26-20(29)16-9-24-11-18-15(16)10-25-28(18)14-7-5-13(23)6-8-14;/h5-8,10-13,16,19,29H,4,9H2,1-3H3,(H,27,31);5-11,17H,4H2,1-3H3,(H,26,29);1H4/t13-,16+,19?;;/m1../s1. The molecule has 0 spiro atoms. The van der Waals surface area contributed by atoms with E-state index in [-0.39, 0.29) is 49.1 Å². The molecule has 20 heteroatoms. The molecule has 0 radical (unpaired) electrons. The van der Waals surface area contributed by atoms with Crippen molar-refractivity contribution < 1.29 is 51.8 Å². The van der Waals surface area contributed by atoms with Gasteiger partial charge in [0, 0.05) is 29.6 Å². The quantitative estimate of drug-likeness (QED) is 0.0951. The highest BCUT2D eigenvalue weighted by Crippen LogP contribution is 2.25. The molecule has 7 rings (SSSR count). The number of aliphatic hydroxyl groups excluding tert-OH is 1. The fourth-order valence-electron chi connectivity index (χ4n) is 6.86. The third-order valence-corrected chi connectivity index (χ3v) is 10.4. The summed E-state index contributed by atoms with van der Waals surface area (Å²) in [5, 5.41) is 25.1. The zero-order valence-corrected chi connectivity index (χ0v) is 36.1. The number of pyridine rings is 2. The first-order chi connectivity index (χ1) is 31.2. The highest BCUT2D eigenvalue weighted by molar-refractivity contribution is 6.08. The monoisotopic (exact) mass is 909 g/mol. The van der Waals surface area contributed by atoms with Gasteiger partial charge in [-0.05, 0) is 75.2 Å². The van der Waals surface area contributed by atoms with Crippen LogP contribution in [0.15, 0.2) is 90.1 Å². The van der Waals surface area contributed by atoms with Gasteiger partial charge in [-0.1, -0.05) is 21.3 Å². The van der Waals surface area contributed by atoms with Crippen LogP contribution in [-0.4, -0.2) is 95.5 Å². The van der Waals surface area contributed by atoms with Crippen molar-refractivity contribution in [3.8, 4) is 11.4 Å². The lowest BCUT2D eigenvalue weighted by Gasteiger charge is -2.21. The summed E-state index contributed by atoms with van der Waals surface area (Å²) in [6.07, 6.45) is 8.41. The highest BCUT2D eigenvalue weighted by atomic mass is 19.1. The van der Waals surface area contributed by atoms with Gasteiger partial charge in [-0.3, -0.25) is 29.1 Å². The Hall–Kier alpha value is -7.74. The predicted octanol–water partition coefficient (Wildman–Crippen LogP) is 6.36. The van der Waals surface area contributed by atoms with E-state index in [0.717, 1.165) is 0 Å². The van der Waals surface area contributed by atoms with Crippen LogP contribution in [-0.2, 0) is 19.1 Å². The molecule has 7 aromatic rings. The number of oxazole rings is 1. The molecule has 0 aliphatic heterocycles. The molecular weight excluding hydrogens is 861 g/mol. The molecule has 5 aromatic heterocycles. The fraction of sp³-hybridized carbons (Fsp3) is 0.304. The molecule has 4 atom stereocenters. The molecule has 0 aliphatic carbocycles. The molecule has 0 saturated heterocycles. The van der Waals surface area contributed by atoms with Gasteiger partial charge in [-0.15, -0.1) is 0 Å². The number of nitrogens with zero attached hydrogens (tertiary/aromatic N) is 7. The van der Waals surface area contributed by atoms with Crippen molar-refractivity contribution in [1.82, 2.24) is 45.1 Å². The van der Waals surface area contributed by atoms with Gasteiger partial charge in [0.15, 0.2) is 11.5 Å². The second-order valence-corrected chi connectivity index (χ2v) is 14.7. The first-order valence-electron chi connectivity index (χ1n) is 20.3. The van der Waals surface area contributed by atoms with Crippen LogP contribution >= 0.6 is 0 Å². The predicted molar refractivity (Wildman–Crippen MR) is 236 cm³/mol. The minimum atomic E-state index is -1.08. The average Bonchev–Trinajstić information content (AvgIpc) is 4.06. The van der Waals surface area contributed by atoms with Crippen molar-refractivity contribution in [2.24, 2.45) is 5.92 Å². The zero-order valence-electron chi connectivity index (χ0n) is 36.1. The van der Waals surface area contributed by atoms with Crippen LogP contribution in [0.1, 0.15) is 96.4 Å². The molecule has 0 saturated carbocycles. The lowest BCUT2D eigenvalue weighted by molar-refractivity contribution is -0.151. The number of carbonyl (C=O) groups is 5. The number of hydrogen-bond donors (Lipinski definition) is 3. The number of carbonyl (C=O) groups excluding carboxylic acids is 5. The minimum absolute atomic E-state index is 0. The number of rotatable bonds is 15. The summed E-state index contributed by atoms with van der Waals surface area (Å²) in [6.45, 7) is 6.59. The number of ether oxygens (including phenoxy) is 2. The first kappa shape index (κ1) is 49.3. The number of aliphatic hydroxyl groups is 1. The number of methoxy groups -OCH3 is 2. The van der Waals surface area contributed by atoms with E-state index < -0.39 is 53.6 Å². The van der Waals surface area contributed by atoms with Crippen LogP contribution in [0.5, 0.6) is 0 Å². The van der Waals surface area contributed by atoms with E-state index in [1.807, 2.05) is 6.92 Å². The maximum absolute atomic E-state index is 13.3. The molecular formula is C46H49F2N9O9. The molecule has 0 bridgehead atoms. The van der Waals surface area contributed by atoms with E-state index in [1.54, 1.807) is 55.2 Å². The third-order valence-electron chi connectivity index (χ3n) is 10.4. The number of halogens is 2. The van der Waals surface area contributed by atoms with Crippen molar-refractivity contribution in [3.05, 3.63) is 126 Å². The van der Waals surface area contributed by atoms with E-state index >= 15 is 0 Å². The Morgan fingerprint density at radius 2 is 1.24 bits per heavy atom. The van der Waals surface area contributed by atoms with Crippen molar-refractivity contribution in [1.29, 1.82) is 0 Å². The van der Waals surface area contributed by atoms with Crippen molar-refractivity contribution in [2.75, 3.05) is 14.2 Å². The van der Waals surface area contributed by atoms with Gasteiger partial charge in [0.05, 0.1) is 90.6 Å². The van der Waals surface area contributed by atoms with Crippen LogP contribution in [0.25, 0.3) is 33.2 Å². The number of Topliss-reactive ketones (excluding diaryl/α,β-unsaturated/α-hetero) is 1. The van der Waals surface area contributed by atoms with Gasteiger partial charge in [-0.2, -0.15) is 10.2 Å². The average molecular weight is 910 g/mol. The smallest absolute Gasteiger partial charge is 0.360 e. The number of aromatic nitrogens is 7. The Balaban J connectivity index is 0.000000244. The van der Waals surface area contributed by atoms with Crippen molar-refractivity contribution >= 4 is 51.3 Å². The SMILES string of the molecule is C.CCC(NC(=O)c1cncc2c1cnn2-c1ccc(F)cc1)C(=O)C[C@H](C(=O)OC)[C@@H](C)O.CCC(NC(=O)c1cncc2c1cnn2-c1ccc(F)cc1)c1nc(C(=O)OC)c(C)o1. The summed E-state index contributed by atoms with van der Waals surface area (Å²) in [7, 11) is 2.44. The Morgan fingerprint density at radius 3 is 1.68 bits per heavy atom. The molecule has 0 fully saturated rings. The highest BCUT2D eigenvalue weighted by Gasteiger charge is 2.31. The maximum atomic E-state index is 13.3. The van der Waals surface area contributed by atoms with Crippen LogP contribution in [0.3, 0.4) is 0 Å². The summed E-state index contributed by atoms with van der Waals surface area (Å²) < 4.78 is 44.6. The van der Waals surface area contributed by atoms with Crippen LogP contribution < -0.4 is 10.6 Å². The van der Waals surface area contributed by atoms with Gasteiger partial charge < -0.3 is 29.6 Å². The number of esters is 2. The topological polar surface area (TPSA) is 236 Å².